The van der Waals surface area contributed by atoms with E-state index in [9.17, 15) is 4.79 Å². The van der Waals surface area contributed by atoms with Crippen molar-refractivity contribution in [2.24, 2.45) is 0 Å². The van der Waals surface area contributed by atoms with Crippen LogP contribution in [0, 0.1) is 0 Å². The van der Waals surface area contributed by atoms with Crippen LogP contribution in [-0.2, 0) is 0 Å². The predicted octanol–water partition coefficient (Wildman–Crippen LogP) is 2.92. The first kappa shape index (κ1) is 9.80. The van der Waals surface area contributed by atoms with Crippen LogP contribution >= 0.6 is 11.6 Å². The fourth-order valence-electron chi connectivity index (χ4n) is 1.20. The van der Waals surface area contributed by atoms with Crippen LogP contribution in [0.5, 0.6) is 0 Å². The summed E-state index contributed by atoms with van der Waals surface area (Å²) >= 11 is 5.73. The highest BCUT2D eigenvalue weighted by Gasteiger charge is 2.05. The Labute approximate surface area is 92.1 Å². The summed E-state index contributed by atoms with van der Waals surface area (Å²) < 4.78 is 0. The molecular weight excluding hydrogens is 212 g/mol. The number of benzene rings is 1. The molecule has 0 fully saturated rings. The summed E-state index contributed by atoms with van der Waals surface area (Å²) in [7, 11) is 0. The van der Waals surface area contributed by atoms with Gasteiger partial charge in [0.25, 0.3) is 5.91 Å². The molecule has 3 nitrogen and oxygen atoms in total. The van der Waals surface area contributed by atoms with Crippen LogP contribution in [0.2, 0.25) is 5.02 Å². The van der Waals surface area contributed by atoms with Gasteiger partial charge < -0.3 is 10.3 Å². The molecule has 4 heteroatoms. The third-order valence-corrected chi connectivity index (χ3v) is 2.21. The number of hydrogen-bond acceptors (Lipinski definition) is 1. The quantitative estimate of drug-likeness (QED) is 0.803. The Morgan fingerprint density at radius 3 is 2.53 bits per heavy atom. The normalized spacial score (nSPS) is 9.93. The van der Waals surface area contributed by atoms with Gasteiger partial charge in [0, 0.05) is 23.1 Å². The molecule has 1 aromatic heterocycles. The summed E-state index contributed by atoms with van der Waals surface area (Å²) in [4.78, 5) is 14.4. The molecule has 0 aliphatic rings. The van der Waals surface area contributed by atoms with E-state index < -0.39 is 0 Å². The van der Waals surface area contributed by atoms with Gasteiger partial charge in [-0.2, -0.15) is 0 Å². The van der Waals surface area contributed by atoms with Gasteiger partial charge in [0.2, 0.25) is 0 Å². The zero-order valence-corrected chi connectivity index (χ0v) is 8.58. The van der Waals surface area contributed by atoms with Gasteiger partial charge in [-0.25, -0.2) is 0 Å². The van der Waals surface area contributed by atoms with Crippen molar-refractivity contribution in [3.63, 3.8) is 0 Å². The fourth-order valence-corrected chi connectivity index (χ4v) is 1.33. The summed E-state index contributed by atoms with van der Waals surface area (Å²) in [5, 5.41) is 3.40. The fraction of sp³-hybridized carbons (Fsp3) is 0. The maximum atomic E-state index is 11.6. The first-order valence-corrected chi connectivity index (χ1v) is 4.83. The van der Waals surface area contributed by atoms with Gasteiger partial charge in [-0.15, -0.1) is 0 Å². The van der Waals surface area contributed by atoms with Crippen molar-refractivity contribution in [1.82, 2.24) is 4.98 Å². The summed E-state index contributed by atoms with van der Waals surface area (Å²) in [6, 6.07) is 8.69. The van der Waals surface area contributed by atoms with Gasteiger partial charge in [0.15, 0.2) is 0 Å². The monoisotopic (exact) mass is 220 g/mol. The minimum absolute atomic E-state index is 0.140. The number of amides is 1. The van der Waals surface area contributed by atoms with E-state index in [-0.39, 0.29) is 5.91 Å². The van der Waals surface area contributed by atoms with Gasteiger partial charge in [-0.3, -0.25) is 4.79 Å². The lowest BCUT2D eigenvalue weighted by molar-refractivity contribution is 0.102. The Morgan fingerprint density at radius 2 is 1.93 bits per heavy atom. The first-order chi connectivity index (χ1) is 7.25. The Kier molecular flexibility index (Phi) is 2.74. The van der Waals surface area contributed by atoms with Crippen LogP contribution in [0.15, 0.2) is 42.7 Å². The van der Waals surface area contributed by atoms with Gasteiger partial charge in [-0.05, 0) is 30.3 Å². The lowest BCUT2D eigenvalue weighted by atomic mass is 10.3. The molecule has 0 saturated heterocycles. The molecule has 15 heavy (non-hydrogen) atoms. The standard InChI is InChI=1S/C11H9ClN2O/c12-9-1-3-10(4-2-9)14-11(15)8-5-6-13-7-8/h1-7,13H,(H,14,15). The highest BCUT2D eigenvalue weighted by molar-refractivity contribution is 6.30. The molecule has 2 aromatic rings. The Bertz CT molecular complexity index is 448. The number of nitrogens with one attached hydrogen (secondary N) is 2. The van der Waals surface area contributed by atoms with Crippen LogP contribution in [-0.4, -0.2) is 10.9 Å². The van der Waals surface area contributed by atoms with Crippen molar-refractivity contribution in [2.45, 2.75) is 0 Å². The van der Waals surface area contributed by atoms with Crippen molar-refractivity contribution >= 4 is 23.2 Å². The van der Waals surface area contributed by atoms with Crippen LogP contribution in [0.4, 0.5) is 5.69 Å². The number of carbonyl (C=O) groups excluding carboxylic acids is 1. The van der Waals surface area contributed by atoms with E-state index in [2.05, 4.69) is 10.3 Å². The van der Waals surface area contributed by atoms with Crippen molar-refractivity contribution in [3.8, 4) is 0 Å². The van der Waals surface area contributed by atoms with Crippen LogP contribution in [0.25, 0.3) is 0 Å². The van der Waals surface area contributed by atoms with E-state index >= 15 is 0 Å². The molecule has 2 rings (SSSR count). The molecule has 1 amide bonds. The molecule has 76 valence electrons. The smallest absolute Gasteiger partial charge is 0.257 e. The average molecular weight is 221 g/mol. The number of halogens is 1. The molecule has 0 atom stereocenters. The van der Waals surface area contributed by atoms with E-state index in [1.54, 1.807) is 42.7 Å². The van der Waals surface area contributed by atoms with Crippen molar-refractivity contribution in [3.05, 3.63) is 53.3 Å². The zero-order valence-electron chi connectivity index (χ0n) is 7.83. The topological polar surface area (TPSA) is 44.9 Å². The third-order valence-electron chi connectivity index (χ3n) is 1.96. The number of H-pyrrole nitrogens is 1. The summed E-state index contributed by atoms with van der Waals surface area (Å²) in [6.07, 6.45) is 3.35. The van der Waals surface area contributed by atoms with E-state index in [0.717, 1.165) is 5.69 Å². The Morgan fingerprint density at radius 1 is 1.20 bits per heavy atom. The maximum Gasteiger partial charge on any atom is 0.257 e. The van der Waals surface area contributed by atoms with E-state index in [1.807, 2.05) is 0 Å². The molecular formula is C11H9ClN2O. The van der Waals surface area contributed by atoms with Gasteiger partial charge in [0.05, 0.1) is 5.56 Å². The maximum absolute atomic E-state index is 11.6. The molecule has 0 radical (unpaired) electrons. The summed E-state index contributed by atoms with van der Waals surface area (Å²) in [6.45, 7) is 0. The predicted molar refractivity (Wildman–Crippen MR) is 60.2 cm³/mol. The largest absolute Gasteiger partial charge is 0.367 e. The Balaban J connectivity index is 2.09. The molecule has 0 aliphatic heterocycles. The molecule has 1 aromatic carbocycles. The van der Waals surface area contributed by atoms with E-state index in [1.165, 1.54) is 0 Å². The molecule has 0 saturated carbocycles. The minimum Gasteiger partial charge on any atom is -0.367 e. The van der Waals surface area contributed by atoms with E-state index in [0.29, 0.717) is 10.6 Å². The Hall–Kier alpha value is -1.74. The van der Waals surface area contributed by atoms with Gasteiger partial charge in [0.1, 0.15) is 0 Å². The average Bonchev–Trinajstić information content (AvgIpc) is 2.74. The van der Waals surface area contributed by atoms with Crippen molar-refractivity contribution in [2.75, 3.05) is 5.32 Å². The van der Waals surface area contributed by atoms with Crippen LogP contribution in [0.1, 0.15) is 10.4 Å². The zero-order chi connectivity index (χ0) is 10.7. The second-order valence-electron chi connectivity index (χ2n) is 3.06. The van der Waals surface area contributed by atoms with Crippen molar-refractivity contribution in [1.29, 1.82) is 0 Å². The number of carbonyl (C=O) groups is 1. The van der Waals surface area contributed by atoms with E-state index in [4.69, 9.17) is 11.6 Å². The highest BCUT2D eigenvalue weighted by atomic mass is 35.5. The minimum atomic E-state index is -0.140. The van der Waals surface area contributed by atoms with Crippen molar-refractivity contribution < 1.29 is 4.79 Å². The molecule has 0 unspecified atom stereocenters. The second kappa shape index (κ2) is 4.19. The number of aromatic nitrogens is 1. The summed E-state index contributed by atoms with van der Waals surface area (Å²) in [5.41, 5.74) is 1.33. The molecule has 2 N–H and O–H groups in total. The number of aromatic amines is 1. The van der Waals surface area contributed by atoms with Gasteiger partial charge in [-0.1, -0.05) is 11.6 Å². The number of rotatable bonds is 2. The van der Waals surface area contributed by atoms with Crippen LogP contribution < -0.4 is 5.32 Å². The van der Waals surface area contributed by atoms with Crippen LogP contribution in [0.3, 0.4) is 0 Å². The molecule has 0 bridgehead atoms. The molecule has 1 heterocycles. The molecule has 0 spiro atoms. The SMILES string of the molecule is O=C(Nc1ccc(Cl)cc1)c1cc[nH]c1. The second-order valence-corrected chi connectivity index (χ2v) is 3.50. The number of hydrogen-bond donors (Lipinski definition) is 2. The highest BCUT2D eigenvalue weighted by Crippen LogP contribution is 2.14. The number of anilines is 1. The first-order valence-electron chi connectivity index (χ1n) is 4.45. The lowest BCUT2D eigenvalue weighted by Crippen LogP contribution is -2.10. The summed E-state index contributed by atoms with van der Waals surface area (Å²) in [5.74, 6) is -0.140. The lowest BCUT2D eigenvalue weighted by Gasteiger charge is -2.02. The van der Waals surface area contributed by atoms with Gasteiger partial charge >= 0.3 is 0 Å². The third kappa shape index (κ3) is 2.39. The molecule has 0 aliphatic carbocycles.